The molecule has 2 N–H and O–H groups in total. The summed E-state index contributed by atoms with van der Waals surface area (Å²) in [5.74, 6) is 1.75. The highest BCUT2D eigenvalue weighted by Crippen LogP contribution is 2.33. The fraction of sp³-hybridized carbons (Fsp3) is 0.333. The minimum Gasteiger partial charge on any atom is -0.359 e. The van der Waals surface area contributed by atoms with Gasteiger partial charge in [-0.15, -0.1) is 0 Å². The molecule has 1 aromatic heterocycles. The molecule has 3 rings (SSSR count). The molecule has 2 aromatic rings. The molecule has 0 saturated carbocycles. The van der Waals surface area contributed by atoms with Gasteiger partial charge >= 0.3 is 0 Å². The third-order valence-corrected chi connectivity index (χ3v) is 3.56. The minimum absolute atomic E-state index is 0.375. The summed E-state index contributed by atoms with van der Waals surface area (Å²) in [6.07, 6.45) is 1.000. The Labute approximate surface area is 113 Å². The summed E-state index contributed by atoms with van der Waals surface area (Å²) in [6.45, 7) is 3.47. The molecule has 0 amide bonds. The van der Waals surface area contributed by atoms with Gasteiger partial charge in [0.25, 0.3) is 0 Å². The van der Waals surface area contributed by atoms with Gasteiger partial charge in [0.15, 0.2) is 0 Å². The number of anilines is 1. The fourth-order valence-corrected chi connectivity index (χ4v) is 2.57. The number of hydrogen-bond donors (Lipinski definition) is 1. The Kier molecular flexibility index (Phi) is 2.95. The lowest BCUT2D eigenvalue weighted by Gasteiger charge is -2.13. The maximum atomic E-state index is 5.72. The molecule has 98 valence electrons. The summed E-state index contributed by atoms with van der Waals surface area (Å²) in [4.78, 5) is 11.4. The van der Waals surface area contributed by atoms with Crippen molar-refractivity contribution in [3.05, 3.63) is 41.2 Å². The summed E-state index contributed by atoms with van der Waals surface area (Å²) in [5, 5.41) is 0. The van der Waals surface area contributed by atoms with E-state index in [1.54, 1.807) is 0 Å². The number of aromatic nitrogens is 2. The standard InChI is InChI=1S/C15H18N4/c1-10-4-3-5-11(8-10)14-12-6-7-19(2)15(12)18-13(9-16)17-14/h3-5,8H,6-7,9,16H2,1-2H3. The van der Waals surface area contributed by atoms with Gasteiger partial charge in [0.1, 0.15) is 11.6 Å². The Balaban J connectivity index is 2.21. The molecule has 1 aliphatic heterocycles. The topological polar surface area (TPSA) is 55.0 Å². The monoisotopic (exact) mass is 254 g/mol. The van der Waals surface area contributed by atoms with Crippen LogP contribution in [-0.4, -0.2) is 23.6 Å². The first-order chi connectivity index (χ1) is 9.19. The number of aryl methyl sites for hydroxylation is 1. The predicted octanol–water partition coefficient (Wildman–Crippen LogP) is 1.90. The van der Waals surface area contributed by atoms with Crippen molar-refractivity contribution in [3.8, 4) is 11.3 Å². The molecule has 0 aliphatic carbocycles. The zero-order valence-electron chi connectivity index (χ0n) is 11.3. The quantitative estimate of drug-likeness (QED) is 0.889. The molecule has 2 heterocycles. The lowest BCUT2D eigenvalue weighted by atomic mass is 10.0. The zero-order chi connectivity index (χ0) is 13.4. The molecule has 0 radical (unpaired) electrons. The Morgan fingerprint density at radius 3 is 2.89 bits per heavy atom. The van der Waals surface area contributed by atoms with Gasteiger partial charge < -0.3 is 10.6 Å². The van der Waals surface area contributed by atoms with Crippen LogP contribution in [0.25, 0.3) is 11.3 Å². The van der Waals surface area contributed by atoms with Crippen molar-refractivity contribution in [2.75, 3.05) is 18.5 Å². The summed E-state index contributed by atoms with van der Waals surface area (Å²) < 4.78 is 0. The highest BCUT2D eigenvalue weighted by molar-refractivity contribution is 5.71. The van der Waals surface area contributed by atoms with Gasteiger partial charge in [-0.05, 0) is 19.4 Å². The Hall–Kier alpha value is -1.94. The molecule has 0 fully saturated rings. The van der Waals surface area contributed by atoms with E-state index in [0.717, 1.165) is 30.0 Å². The van der Waals surface area contributed by atoms with Crippen molar-refractivity contribution in [1.82, 2.24) is 9.97 Å². The van der Waals surface area contributed by atoms with E-state index in [1.807, 2.05) is 0 Å². The summed E-state index contributed by atoms with van der Waals surface area (Å²) in [7, 11) is 2.07. The smallest absolute Gasteiger partial charge is 0.144 e. The third-order valence-electron chi connectivity index (χ3n) is 3.56. The van der Waals surface area contributed by atoms with Gasteiger partial charge in [-0.2, -0.15) is 0 Å². The van der Waals surface area contributed by atoms with Crippen molar-refractivity contribution >= 4 is 5.82 Å². The molecule has 1 aromatic carbocycles. The number of nitrogens with zero attached hydrogens (tertiary/aromatic N) is 3. The number of benzene rings is 1. The first kappa shape index (κ1) is 12.1. The van der Waals surface area contributed by atoms with E-state index < -0.39 is 0 Å². The number of fused-ring (bicyclic) bond motifs is 1. The molecule has 0 unspecified atom stereocenters. The van der Waals surface area contributed by atoms with Crippen LogP contribution in [0.5, 0.6) is 0 Å². The van der Waals surface area contributed by atoms with Crippen LogP contribution in [0, 0.1) is 6.92 Å². The predicted molar refractivity (Wildman–Crippen MR) is 77.1 cm³/mol. The van der Waals surface area contributed by atoms with E-state index in [9.17, 15) is 0 Å². The van der Waals surface area contributed by atoms with E-state index in [-0.39, 0.29) is 0 Å². The van der Waals surface area contributed by atoms with Gasteiger partial charge in [-0.3, -0.25) is 0 Å². The summed E-state index contributed by atoms with van der Waals surface area (Å²) in [5.41, 5.74) is 10.4. The lowest BCUT2D eigenvalue weighted by molar-refractivity contribution is 0.895. The second kappa shape index (κ2) is 4.63. The van der Waals surface area contributed by atoms with Crippen LogP contribution in [0.2, 0.25) is 0 Å². The van der Waals surface area contributed by atoms with Crippen LogP contribution in [0.4, 0.5) is 5.82 Å². The van der Waals surface area contributed by atoms with E-state index in [0.29, 0.717) is 12.4 Å². The molecular weight excluding hydrogens is 236 g/mol. The average Bonchev–Trinajstić information content (AvgIpc) is 2.79. The lowest BCUT2D eigenvalue weighted by Crippen LogP contribution is -2.15. The molecule has 4 nitrogen and oxygen atoms in total. The molecule has 0 atom stereocenters. The van der Waals surface area contributed by atoms with Crippen LogP contribution in [0.1, 0.15) is 17.0 Å². The minimum atomic E-state index is 0.375. The normalized spacial score (nSPS) is 13.7. The zero-order valence-corrected chi connectivity index (χ0v) is 11.3. The number of nitrogens with two attached hydrogens (primary N) is 1. The van der Waals surface area contributed by atoms with Crippen molar-refractivity contribution < 1.29 is 0 Å². The van der Waals surface area contributed by atoms with E-state index in [2.05, 4.69) is 53.1 Å². The Bertz CT molecular complexity index is 622. The highest BCUT2D eigenvalue weighted by atomic mass is 15.2. The van der Waals surface area contributed by atoms with Crippen molar-refractivity contribution in [2.24, 2.45) is 5.73 Å². The maximum absolute atomic E-state index is 5.72. The maximum Gasteiger partial charge on any atom is 0.144 e. The van der Waals surface area contributed by atoms with E-state index in [1.165, 1.54) is 11.1 Å². The first-order valence-corrected chi connectivity index (χ1v) is 6.57. The van der Waals surface area contributed by atoms with E-state index in [4.69, 9.17) is 5.73 Å². The molecule has 0 spiro atoms. The number of hydrogen-bond acceptors (Lipinski definition) is 4. The van der Waals surface area contributed by atoms with Crippen LogP contribution >= 0.6 is 0 Å². The molecule has 1 aliphatic rings. The van der Waals surface area contributed by atoms with Crippen LogP contribution in [0.15, 0.2) is 24.3 Å². The largest absolute Gasteiger partial charge is 0.359 e. The van der Waals surface area contributed by atoms with Crippen LogP contribution in [-0.2, 0) is 13.0 Å². The van der Waals surface area contributed by atoms with E-state index >= 15 is 0 Å². The fourth-order valence-electron chi connectivity index (χ4n) is 2.57. The number of likely N-dealkylation sites (N-methyl/N-ethyl adjacent to an activating group) is 1. The van der Waals surface area contributed by atoms with Crippen LogP contribution in [0.3, 0.4) is 0 Å². The molecule has 0 saturated heterocycles. The van der Waals surface area contributed by atoms with Gasteiger partial charge in [-0.1, -0.05) is 23.8 Å². The van der Waals surface area contributed by atoms with Crippen molar-refractivity contribution in [2.45, 2.75) is 19.9 Å². The Morgan fingerprint density at radius 1 is 1.32 bits per heavy atom. The summed E-state index contributed by atoms with van der Waals surface area (Å²) in [6, 6.07) is 8.44. The Morgan fingerprint density at radius 2 is 2.16 bits per heavy atom. The second-order valence-electron chi connectivity index (χ2n) is 5.04. The number of rotatable bonds is 2. The highest BCUT2D eigenvalue weighted by Gasteiger charge is 2.23. The van der Waals surface area contributed by atoms with Gasteiger partial charge in [0.2, 0.25) is 0 Å². The molecule has 0 bridgehead atoms. The summed E-state index contributed by atoms with van der Waals surface area (Å²) >= 11 is 0. The molecular formula is C15H18N4. The first-order valence-electron chi connectivity index (χ1n) is 6.57. The third kappa shape index (κ3) is 2.08. The van der Waals surface area contributed by atoms with Crippen molar-refractivity contribution in [3.63, 3.8) is 0 Å². The van der Waals surface area contributed by atoms with Crippen LogP contribution < -0.4 is 10.6 Å². The SMILES string of the molecule is Cc1cccc(-c2nc(CN)nc3c2CCN3C)c1. The van der Waals surface area contributed by atoms with Gasteiger partial charge in [0, 0.05) is 24.7 Å². The van der Waals surface area contributed by atoms with Crippen molar-refractivity contribution in [1.29, 1.82) is 0 Å². The average molecular weight is 254 g/mol. The second-order valence-corrected chi connectivity index (χ2v) is 5.04. The van der Waals surface area contributed by atoms with Gasteiger partial charge in [0.05, 0.1) is 12.2 Å². The van der Waals surface area contributed by atoms with Gasteiger partial charge in [-0.25, -0.2) is 9.97 Å². The molecule has 4 heteroatoms. The molecule has 19 heavy (non-hydrogen) atoms.